The highest BCUT2D eigenvalue weighted by Gasteiger charge is 2.43. The number of hydrogen-bond donors (Lipinski definition) is 0. The predicted molar refractivity (Wildman–Crippen MR) is 284 cm³/mol. The number of aromatic nitrogens is 2. The lowest BCUT2D eigenvalue weighted by atomic mass is 9.34. The molecule has 0 spiro atoms. The number of para-hydroxylation sites is 4. The van der Waals surface area contributed by atoms with Crippen LogP contribution < -0.4 is 26.0 Å². The Morgan fingerprint density at radius 2 is 1.01 bits per heavy atom. The van der Waals surface area contributed by atoms with E-state index in [9.17, 15) is 0 Å². The van der Waals surface area contributed by atoms with Crippen LogP contribution in [0.2, 0.25) is 0 Å². The summed E-state index contributed by atoms with van der Waals surface area (Å²) in [5.41, 5.74) is 19.2. The molecule has 0 atom stereocenters. The van der Waals surface area contributed by atoms with Crippen molar-refractivity contribution in [2.24, 2.45) is 0 Å². The standard InChI is InChI=1S/C62H50BN3O/c1-5-6-18-42-35-41(40-19-8-7-9-20-40)29-34-52(42)66-57-38-44(64-53-25-14-10-21-46(53)47-22-11-15-26-54(47)64)30-32-50(57)63-51-33-31-45(65-55-27-16-12-23-48(55)49-24-13-17-28-56(49)65)39-59(51)67-60-37-43(62(2,3)4)36-58(66)61(60)63/h7-17,19-39H,5-6,18H2,1-4H3. The molecule has 0 amide bonds. The first-order chi connectivity index (χ1) is 32.8. The summed E-state index contributed by atoms with van der Waals surface area (Å²) in [5, 5.41) is 5.01. The molecule has 9 aromatic carbocycles. The van der Waals surface area contributed by atoms with Crippen molar-refractivity contribution < 1.29 is 4.74 Å². The zero-order chi connectivity index (χ0) is 45.0. The molecule has 0 saturated carbocycles. The number of benzene rings is 9. The molecule has 67 heavy (non-hydrogen) atoms. The molecule has 0 fully saturated rings. The Labute approximate surface area is 392 Å². The van der Waals surface area contributed by atoms with E-state index < -0.39 is 0 Å². The van der Waals surface area contributed by atoms with Crippen LogP contribution in [0.4, 0.5) is 17.1 Å². The van der Waals surface area contributed by atoms with E-state index in [4.69, 9.17) is 4.74 Å². The van der Waals surface area contributed by atoms with Gasteiger partial charge >= 0.3 is 0 Å². The van der Waals surface area contributed by atoms with Gasteiger partial charge in [-0.05, 0) is 124 Å². The zero-order valence-electron chi connectivity index (χ0n) is 38.4. The van der Waals surface area contributed by atoms with Crippen LogP contribution in [0.25, 0.3) is 66.1 Å². The van der Waals surface area contributed by atoms with Gasteiger partial charge in [0.15, 0.2) is 0 Å². The van der Waals surface area contributed by atoms with E-state index in [1.807, 2.05) is 0 Å². The minimum absolute atomic E-state index is 0.0592. The van der Waals surface area contributed by atoms with Gasteiger partial charge in [0.25, 0.3) is 6.71 Å². The average molecular weight is 864 g/mol. The normalized spacial score (nSPS) is 13.0. The maximum Gasteiger partial charge on any atom is 0.256 e. The summed E-state index contributed by atoms with van der Waals surface area (Å²) in [4.78, 5) is 2.60. The van der Waals surface area contributed by atoms with Crippen molar-refractivity contribution in [1.82, 2.24) is 9.13 Å². The van der Waals surface area contributed by atoms with Gasteiger partial charge < -0.3 is 18.8 Å². The molecule has 322 valence electrons. The third-order valence-corrected chi connectivity index (χ3v) is 14.5. The highest BCUT2D eigenvalue weighted by atomic mass is 16.5. The molecule has 0 N–H and O–H groups in total. The van der Waals surface area contributed by atoms with Crippen molar-refractivity contribution in [2.75, 3.05) is 4.90 Å². The van der Waals surface area contributed by atoms with Gasteiger partial charge in [0.05, 0.1) is 22.1 Å². The molecular weight excluding hydrogens is 814 g/mol. The third-order valence-electron chi connectivity index (χ3n) is 14.5. The van der Waals surface area contributed by atoms with Crippen molar-refractivity contribution in [3.05, 3.63) is 205 Å². The molecule has 0 radical (unpaired) electrons. The number of rotatable bonds is 7. The molecule has 2 aliphatic rings. The van der Waals surface area contributed by atoms with Gasteiger partial charge in [-0.3, -0.25) is 0 Å². The number of hydrogen-bond acceptors (Lipinski definition) is 2. The second kappa shape index (κ2) is 15.1. The van der Waals surface area contributed by atoms with Crippen LogP contribution in [-0.2, 0) is 11.8 Å². The van der Waals surface area contributed by atoms with Crippen LogP contribution in [0.1, 0.15) is 51.7 Å². The summed E-state index contributed by atoms with van der Waals surface area (Å²) in [6, 6.07) is 72.1. The fraction of sp³-hybridized carbons (Fsp3) is 0.129. The minimum Gasteiger partial charge on any atom is -0.458 e. The van der Waals surface area contributed by atoms with Crippen molar-refractivity contribution in [1.29, 1.82) is 0 Å². The Hall–Kier alpha value is -7.76. The third kappa shape index (κ3) is 6.14. The lowest BCUT2D eigenvalue weighted by Gasteiger charge is -2.42. The topological polar surface area (TPSA) is 22.3 Å². The summed E-state index contributed by atoms with van der Waals surface area (Å²) in [6.45, 7) is 9.19. The fourth-order valence-corrected chi connectivity index (χ4v) is 11.3. The highest BCUT2D eigenvalue weighted by Crippen LogP contribution is 2.46. The monoisotopic (exact) mass is 863 g/mol. The molecule has 4 heterocycles. The summed E-state index contributed by atoms with van der Waals surface area (Å²) < 4.78 is 12.2. The quantitative estimate of drug-likeness (QED) is 0.149. The number of ether oxygens (including phenoxy) is 1. The van der Waals surface area contributed by atoms with Crippen LogP contribution >= 0.6 is 0 Å². The highest BCUT2D eigenvalue weighted by molar-refractivity contribution is 6.99. The summed E-state index contributed by atoms with van der Waals surface area (Å²) in [5.74, 6) is 1.83. The van der Waals surface area contributed by atoms with Gasteiger partial charge in [-0.1, -0.05) is 155 Å². The molecule has 2 aromatic heterocycles. The fourth-order valence-electron chi connectivity index (χ4n) is 11.3. The molecule has 13 rings (SSSR count). The van der Waals surface area contributed by atoms with Gasteiger partial charge in [0.2, 0.25) is 0 Å². The largest absolute Gasteiger partial charge is 0.458 e. The Balaban J connectivity index is 1.09. The zero-order valence-corrected chi connectivity index (χ0v) is 38.4. The summed E-state index contributed by atoms with van der Waals surface area (Å²) >= 11 is 0. The number of unbranched alkanes of at least 4 members (excludes halogenated alkanes) is 1. The maximum absolute atomic E-state index is 7.33. The number of nitrogens with zero attached hydrogens (tertiary/aromatic N) is 3. The minimum atomic E-state index is -0.144. The Morgan fingerprint density at radius 1 is 0.463 bits per heavy atom. The molecule has 2 aliphatic heterocycles. The lowest BCUT2D eigenvalue weighted by Crippen LogP contribution is -2.59. The van der Waals surface area contributed by atoms with E-state index in [2.05, 4.69) is 236 Å². The summed E-state index contributed by atoms with van der Waals surface area (Å²) in [7, 11) is 0. The number of anilines is 3. The van der Waals surface area contributed by atoms with Crippen LogP contribution in [0.3, 0.4) is 0 Å². The number of aryl methyl sites for hydroxylation is 1. The van der Waals surface area contributed by atoms with Crippen molar-refractivity contribution in [2.45, 2.75) is 52.4 Å². The molecule has 0 saturated heterocycles. The number of fused-ring (bicyclic) bond motifs is 10. The van der Waals surface area contributed by atoms with Crippen molar-refractivity contribution in [3.8, 4) is 34.0 Å². The van der Waals surface area contributed by atoms with Crippen LogP contribution in [0.5, 0.6) is 11.5 Å². The van der Waals surface area contributed by atoms with Crippen molar-refractivity contribution >= 4 is 83.8 Å². The van der Waals surface area contributed by atoms with E-state index >= 15 is 0 Å². The van der Waals surface area contributed by atoms with Crippen LogP contribution in [0, 0.1) is 0 Å². The Bertz CT molecular complexity index is 3670. The first-order valence-electron chi connectivity index (χ1n) is 23.9. The molecule has 4 nitrogen and oxygen atoms in total. The molecule has 0 aliphatic carbocycles. The summed E-state index contributed by atoms with van der Waals surface area (Å²) in [6.07, 6.45) is 3.18. The molecule has 11 aromatic rings. The Morgan fingerprint density at radius 3 is 1.60 bits per heavy atom. The first kappa shape index (κ1) is 39.6. The van der Waals surface area contributed by atoms with E-state index in [1.165, 1.54) is 99.3 Å². The van der Waals surface area contributed by atoms with E-state index in [-0.39, 0.29) is 12.1 Å². The van der Waals surface area contributed by atoms with Crippen LogP contribution in [0.15, 0.2) is 194 Å². The molecular formula is C62H50BN3O. The van der Waals surface area contributed by atoms with Crippen LogP contribution in [-0.4, -0.2) is 15.8 Å². The van der Waals surface area contributed by atoms with Gasteiger partial charge in [-0.15, -0.1) is 0 Å². The maximum atomic E-state index is 7.33. The van der Waals surface area contributed by atoms with E-state index in [0.717, 1.165) is 42.1 Å². The second-order valence-corrected chi connectivity index (χ2v) is 19.5. The van der Waals surface area contributed by atoms with Gasteiger partial charge in [0, 0.05) is 56.0 Å². The first-order valence-corrected chi connectivity index (χ1v) is 23.9. The smallest absolute Gasteiger partial charge is 0.256 e. The second-order valence-electron chi connectivity index (χ2n) is 19.5. The van der Waals surface area contributed by atoms with Gasteiger partial charge in [-0.2, -0.15) is 0 Å². The average Bonchev–Trinajstić information content (AvgIpc) is 3.88. The molecule has 5 heteroatoms. The predicted octanol–water partition coefficient (Wildman–Crippen LogP) is 14.6. The SMILES string of the molecule is CCCCc1cc(-c2ccccc2)ccc1N1c2cc(-n3c4ccccc4c4ccccc43)ccc2B2c3ccc(-n4c5ccccc5c5ccccc54)cc3Oc3cc(C(C)(C)C)cc1c32. The molecule has 0 unspecified atom stereocenters. The van der Waals surface area contributed by atoms with Crippen molar-refractivity contribution in [3.63, 3.8) is 0 Å². The van der Waals surface area contributed by atoms with E-state index in [0.29, 0.717) is 0 Å². The van der Waals surface area contributed by atoms with E-state index in [1.54, 1.807) is 0 Å². The van der Waals surface area contributed by atoms with Gasteiger partial charge in [-0.25, -0.2) is 0 Å². The molecule has 0 bridgehead atoms. The lowest BCUT2D eigenvalue weighted by molar-refractivity contribution is 0.483. The Kier molecular flexibility index (Phi) is 8.95. The van der Waals surface area contributed by atoms with Gasteiger partial charge in [0.1, 0.15) is 11.5 Å².